The van der Waals surface area contributed by atoms with E-state index in [2.05, 4.69) is 9.88 Å². The van der Waals surface area contributed by atoms with Crippen molar-refractivity contribution in [1.82, 2.24) is 14.2 Å². The maximum atomic E-state index is 12.4. The molecule has 0 bridgehead atoms. The minimum atomic E-state index is -3.57. The highest BCUT2D eigenvalue weighted by Gasteiger charge is 2.29. The molecule has 0 aromatic carbocycles. The van der Waals surface area contributed by atoms with Gasteiger partial charge >= 0.3 is 0 Å². The number of nitrogens with zero attached hydrogens (tertiary/aromatic N) is 3. The van der Waals surface area contributed by atoms with Crippen LogP contribution in [0.3, 0.4) is 0 Å². The standard InChI is InChI=1S/C12H18ClN3O2S/c1-15-8-4-5-10(15)9-16(2)19(17,18)11-6-3-7-14-12(11)13/h3,6-7,10H,4-5,8-9H2,1-2H3. The summed E-state index contributed by atoms with van der Waals surface area (Å²) in [5, 5.41) is 0.0223. The number of aromatic nitrogens is 1. The minimum Gasteiger partial charge on any atom is -0.302 e. The molecule has 0 amide bonds. The van der Waals surface area contributed by atoms with Gasteiger partial charge in [-0.05, 0) is 38.6 Å². The van der Waals surface area contributed by atoms with E-state index < -0.39 is 10.0 Å². The van der Waals surface area contributed by atoms with Crippen LogP contribution in [0.2, 0.25) is 5.15 Å². The second kappa shape index (κ2) is 5.75. The van der Waals surface area contributed by atoms with Crippen LogP contribution < -0.4 is 0 Å². The lowest BCUT2D eigenvalue weighted by Crippen LogP contribution is -2.39. The van der Waals surface area contributed by atoms with Gasteiger partial charge < -0.3 is 4.90 Å². The Morgan fingerprint density at radius 1 is 1.58 bits per heavy atom. The van der Waals surface area contributed by atoms with Crippen LogP contribution in [0.5, 0.6) is 0 Å². The third-order valence-corrected chi connectivity index (χ3v) is 5.82. The Balaban J connectivity index is 2.18. The van der Waals surface area contributed by atoms with Crippen LogP contribution in [-0.4, -0.2) is 55.8 Å². The Labute approximate surface area is 119 Å². The lowest BCUT2D eigenvalue weighted by Gasteiger charge is -2.25. The van der Waals surface area contributed by atoms with Gasteiger partial charge in [-0.15, -0.1) is 0 Å². The topological polar surface area (TPSA) is 53.5 Å². The Kier molecular flexibility index (Phi) is 4.45. The van der Waals surface area contributed by atoms with Gasteiger partial charge in [-0.1, -0.05) is 11.6 Å². The molecule has 1 aliphatic rings. The Bertz CT molecular complexity index is 550. The van der Waals surface area contributed by atoms with E-state index in [1.807, 2.05) is 7.05 Å². The van der Waals surface area contributed by atoms with Gasteiger partial charge in [0.2, 0.25) is 10.0 Å². The predicted molar refractivity (Wildman–Crippen MR) is 74.7 cm³/mol. The van der Waals surface area contributed by atoms with Crippen molar-refractivity contribution in [1.29, 1.82) is 0 Å². The van der Waals surface area contributed by atoms with Gasteiger partial charge in [-0.25, -0.2) is 13.4 Å². The monoisotopic (exact) mass is 303 g/mol. The highest BCUT2D eigenvalue weighted by atomic mass is 35.5. The molecular weight excluding hydrogens is 286 g/mol. The van der Waals surface area contributed by atoms with E-state index in [-0.39, 0.29) is 16.1 Å². The van der Waals surface area contributed by atoms with Crippen molar-refractivity contribution < 1.29 is 8.42 Å². The van der Waals surface area contributed by atoms with Crippen LogP contribution in [0.15, 0.2) is 23.2 Å². The van der Waals surface area contributed by atoms with Gasteiger partial charge in [0.25, 0.3) is 0 Å². The molecular formula is C12H18ClN3O2S. The first-order chi connectivity index (χ1) is 8.93. The van der Waals surface area contributed by atoms with Crippen LogP contribution in [0.1, 0.15) is 12.8 Å². The van der Waals surface area contributed by atoms with Gasteiger partial charge in [0.1, 0.15) is 10.0 Å². The van der Waals surface area contributed by atoms with Crippen molar-refractivity contribution in [3.63, 3.8) is 0 Å². The van der Waals surface area contributed by atoms with Crippen molar-refractivity contribution in [3.05, 3.63) is 23.5 Å². The average Bonchev–Trinajstić information content (AvgIpc) is 2.75. The van der Waals surface area contributed by atoms with Crippen molar-refractivity contribution in [2.24, 2.45) is 0 Å². The maximum absolute atomic E-state index is 12.4. The SMILES string of the molecule is CN1CCCC1CN(C)S(=O)(=O)c1cccnc1Cl. The van der Waals surface area contributed by atoms with Gasteiger partial charge in [-0.3, -0.25) is 0 Å². The molecule has 1 fully saturated rings. The van der Waals surface area contributed by atoms with Crippen LogP contribution in [0, 0.1) is 0 Å². The Morgan fingerprint density at radius 2 is 2.32 bits per heavy atom. The van der Waals surface area contributed by atoms with Crippen molar-refractivity contribution in [3.8, 4) is 0 Å². The molecule has 5 nitrogen and oxygen atoms in total. The molecule has 0 N–H and O–H groups in total. The molecule has 1 aliphatic heterocycles. The molecule has 0 radical (unpaired) electrons. The fraction of sp³-hybridized carbons (Fsp3) is 0.583. The number of likely N-dealkylation sites (N-methyl/N-ethyl adjacent to an activating group) is 2. The van der Waals surface area contributed by atoms with E-state index in [9.17, 15) is 8.42 Å². The van der Waals surface area contributed by atoms with Gasteiger partial charge in [0.05, 0.1) is 0 Å². The summed E-state index contributed by atoms with van der Waals surface area (Å²) < 4.78 is 26.2. The van der Waals surface area contributed by atoms with E-state index in [0.29, 0.717) is 6.54 Å². The average molecular weight is 304 g/mol. The number of likely N-dealkylation sites (tertiary alicyclic amines) is 1. The number of hydrogen-bond acceptors (Lipinski definition) is 4. The summed E-state index contributed by atoms with van der Waals surface area (Å²) in [6, 6.07) is 3.34. The van der Waals surface area contributed by atoms with Crippen LogP contribution in [0.4, 0.5) is 0 Å². The molecule has 1 aromatic rings. The smallest absolute Gasteiger partial charge is 0.245 e. The summed E-state index contributed by atoms with van der Waals surface area (Å²) >= 11 is 5.87. The van der Waals surface area contributed by atoms with E-state index in [1.165, 1.54) is 16.6 Å². The normalized spacial score (nSPS) is 21.2. The van der Waals surface area contributed by atoms with Gasteiger partial charge in [0, 0.05) is 25.8 Å². The molecule has 1 unspecified atom stereocenters. The second-order valence-corrected chi connectivity index (χ2v) is 7.23. The molecule has 1 aromatic heterocycles. The quantitative estimate of drug-likeness (QED) is 0.790. The fourth-order valence-electron chi connectivity index (χ4n) is 2.34. The summed E-state index contributed by atoms with van der Waals surface area (Å²) in [6.45, 7) is 1.50. The third-order valence-electron chi connectivity index (χ3n) is 3.55. The highest BCUT2D eigenvalue weighted by Crippen LogP contribution is 2.23. The molecule has 0 saturated carbocycles. The fourth-order valence-corrected chi connectivity index (χ4v) is 3.97. The Morgan fingerprint density at radius 3 is 2.89 bits per heavy atom. The molecule has 1 saturated heterocycles. The van der Waals surface area contributed by atoms with E-state index in [1.54, 1.807) is 13.1 Å². The molecule has 1 atom stereocenters. The zero-order valence-electron chi connectivity index (χ0n) is 11.1. The first-order valence-corrected chi connectivity index (χ1v) is 8.02. The molecule has 106 valence electrons. The Hall–Kier alpha value is -0.690. The largest absolute Gasteiger partial charge is 0.302 e. The second-order valence-electron chi connectivity index (χ2n) is 4.85. The number of halogens is 1. The summed E-state index contributed by atoms with van der Waals surface area (Å²) in [6.07, 6.45) is 3.62. The van der Waals surface area contributed by atoms with Crippen molar-refractivity contribution >= 4 is 21.6 Å². The number of sulfonamides is 1. The molecule has 7 heteroatoms. The number of hydrogen-bond donors (Lipinski definition) is 0. The van der Waals surface area contributed by atoms with Crippen LogP contribution in [-0.2, 0) is 10.0 Å². The molecule has 2 heterocycles. The van der Waals surface area contributed by atoms with Crippen molar-refractivity contribution in [2.75, 3.05) is 27.2 Å². The summed E-state index contributed by atoms with van der Waals surface area (Å²) in [5.41, 5.74) is 0. The number of pyridine rings is 1. The molecule has 2 rings (SSSR count). The van der Waals surface area contributed by atoms with E-state index in [0.717, 1.165) is 19.4 Å². The predicted octanol–water partition coefficient (Wildman–Crippen LogP) is 1.45. The molecule has 0 aliphatic carbocycles. The lowest BCUT2D eigenvalue weighted by atomic mass is 10.2. The zero-order chi connectivity index (χ0) is 14.0. The zero-order valence-corrected chi connectivity index (χ0v) is 12.7. The molecule has 19 heavy (non-hydrogen) atoms. The first kappa shape index (κ1) is 14.7. The van der Waals surface area contributed by atoms with E-state index >= 15 is 0 Å². The molecule has 0 spiro atoms. The van der Waals surface area contributed by atoms with Gasteiger partial charge in [-0.2, -0.15) is 4.31 Å². The summed E-state index contributed by atoms with van der Waals surface area (Å²) in [4.78, 5) is 6.08. The minimum absolute atomic E-state index is 0.0223. The van der Waals surface area contributed by atoms with E-state index in [4.69, 9.17) is 11.6 Å². The lowest BCUT2D eigenvalue weighted by molar-refractivity contribution is 0.271. The third kappa shape index (κ3) is 3.08. The summed E-state index contributed by atoms with van der Waals surface area (Å²) in [5.74, 6) is 0. The summed E-state index contributed by atoms with van der Waals surface area (Å²) in [7, 11) is 0.0428. The maximum Gasteiger partial charge on any atom is 0.245 e. The first-order valence-electron chi connectivity index (χ1n) is 6.20. The van der Waals surface area contributed by atoms with Gasteiger partial charge in [0.15, 0.2) is 0 Å². The van der Waals surface area contributed by atoms with Crippen LogP contribution >= 0.6 is 11.6 Å². The van der Waals surface area contributed by atoms with Crippen molar-refractivity contribution in [2.45, 2.75) is 23.8 Å². The highest BCUT2D eigenvalue weighted by molar-refractivity contribution is 7.89. The van der Waals surface area contributed by atoms with Crippen LogP contribution in [0.25, 0.3) is 0 Å². The number of rotatable bonds is 4.